The quantitative estimate of drug-likeness (QED) is 0.770. The van der Waals surface area contributed by atoms with E-state index in [2.05, 4.69) is 33.2 Å². The lowest BCUT2D eigenvalue weighted by Crippen LogP contribution is -2.15. The van der Waals surface area contributed by atoms with Gasteiger partial charge in [0.15, 0.2) is 11.5 Å². The lowest BCUT2D eigenvalue weighted by Gasteiger charge is -2.16. The van der Waals surface area contributed by atoms with E-state index in [-0.39, 0.29) is 0 Å². The van der Waals surface area contributed by atoms with Gasteiger partial charge in [-0.05, 0) is 30.7 Å². The van der Waals surface area contributed by atoms with E-state index in [1.807, 2.05) is 30.3 Å². The Kier molecular flexibility index (Phi) is 6.68. The smallest absolute Gasteiger partial charge is 0.166 e. The first-order valence-corrected chi connectivity index (χ1v) is 8.14. The molecule has 2 rings (SSSR count). The third-order valence-corrected chi connectivity index (χ3v) is 3.91. The summed E-state index contributed by atoms with van der Waals surface area (Å²) in [4.78, 5) is 4.31. The van der Waals surface area contributed by atoms with Gasteiger partial charge in [0.25, 0.3) is 0 Å². The van der Waals surface area contributed by atoms with Crippen molar-refractivity contribution in [3.63, 3.8) is 0 Å². The molecule has 0 atom stereocenters. The van der Waals surface area contributed by atoms with Gasteiger partial charge in [0.2, 0.25) is 0 Å². The van der Waals surface area contributed by atoms with Crippen molar-refractivity contribution in [3.05, 3.63) is 52.3 Å². The molecule has 0 radical (unpaired) electrons. The van der Waals surface area contributed by atoms with Crippen LogP contribution in [0.25, 0.3) is 0 Å². The minimum atomic E-state index is 0.667. The molecule has 118 valence electrons. The van der Waals surface area contributed by atoms with Gasteiger partial charge < -0.3 is 14.8 Å². The molecule has 0 aliphatic rings. The van der Waals surface area contributed by atoms with Gasteiger partial charge in [-0.1, -0.05) is 28.9 Å². The number of hydrogen-bond donors (Lipinski definition) is 1. The lowest BCUT2D eigenvalue weighted by atomic mass is 10.1. The van der Waals surface area contributed by atoms with Crippen molar-refractivity contribution in [2.45, 2.75) is 26.4 Å². The number of ether oxygens (including phenoxy) is 2. The molecule has 1 aromatic heterocycles. The van der Waals surface area contributed by atoms with Gasteiger partial charge in [-0.2, -0.15) is 0 Å². The zero-order chi connectivity index (χ0) is 15.8. The van der Waals surface area contributed by atoms with Crippen LogP contribution in [-0.2, 0) is 13.1 Å². The standard InChI is InChI=1S/C17H21BrN2O2/c1-3-10-22-17-14(15(18)7-8-16(17)21-2)12-19-11-13-6-4-5-9-20-13/h4-9,19H,3,10-12H2,1-2H3. The van der Waals surface area contributed by atoms with E-state index in [0.717, 1.165) is 33.6 Å². The molecule has 0 spiro atoms. The molecule has 22 heavy (non-hydrogen) atoms. The molecule has 1 aromatic carbocycles. The normalized spacial score (nSPS) is 10.5. The van der Waals surface area contributed by atoms with E-state index in [1.165, 1.54) is 0 Å². The van der Waals surface area contributed by atoms with Crippen LogP contribution in [0.1, 0.15) is 24.6 Å². The van der Waals surface area contributed by atoms with E-state index in [1.54, 1.807) is 13.3 Å². The van der Waals surface area contributed by atoms with Crippen molar-refractivity contribution in [2.24, 2.45) is 0 Å². The van der Waals surface area contributed by atoms with Crippen LogP contribution in [0.3, 0.4) is 0 Å². The highest BCUT2D eigenvalue weighted by Gasteiger charge is 2.14. The Hall–Kier alpha value is -1.59. The number of halogens is 1. The highest BCUT2D eigenvalue weighted by atomic mass is 79.9. The van der Waals surface area contributed by atoms with Crippen LogP contribution >= 0.6 is 15.9 Å². The molecule has 4 nitrogen and oxygen atoms in total. The van der Waals surface area contributed by atoms with Crippen molar-refractivity contribution in [2.75, 3.05) is 13.7 Å². The molecule has 0 fully saturated rings. The molecular weight excluding hydrogens is 344 g/mol. The third-order valence-electron chi connectivity index (χ3n) is 3.17. The number of pyridine rings is 1. The topological polar surface area (TPSA) is 43.4 Å². The maximum atomic E-state index is 5.88. The predicted octanol–water partition coefficient (Wildman–Crippen LogP) is 3.93. The summed E-state index contributed by atoms with van der Waals surface area (Å²) >= 11 is 3.60. The SMILES string of the molecule is CCCOc1c(OC)ccc(Br)c1CNCc1ccccn1. The maximum Gasteiger partial charge on any atom is 0.166 e. The molecule has 1 heterocycles. The third kappa shape index (κ3) is 4.45. The van der Waals surface area contributed by atoms with Gasteiger partial charge in [0.05, 0.1) is 19.4 Å². The fourth-order valence-electron chi connectivity index (χ4n) is 2.09. The van der Waals surface area contributed by atoms with E-state index in [0.29, 0.717) is 19.7 Å². The Balaban J connectivity index is 2.10. The molecule has 0 saturated heterocycles. The molecular formula is C17H21BrN2O2. The van der Waals surface area contributed by atoms with Crippen LogP contribution in [0.15, 0.2) is 41.0 Å². The van der Waals surface area contributed by atoms with Crippen molar-refractivity contribution in [3.8, 4) is 11.5 Å². The molecule has 0 unspecified atom stereocenters. The first-order valence-electron chi connectivity index (χ1n) is 7.35. The molecule has 5 heteroatoms. The minimum Gasteiger partial charge on any atom is -0.493 e. The van der Waals surface area contributed by atoms with Gasteiger partial charge >= 0.3 is 0 Å². The van der Waals surface area contributed by atoms with E-state index in [9.17, 15) is 0 Å². The zero-order valence-electron chi connectivity index (χ0n) is 12.9. The van der Waals surface area contributed by atoms with Crippen LogP contribution < -0.4 is 14.8 Å². The van der Waals surface area contributed by atoms with Gasteiger partial charge in [-0.15, -0.1) is 0 Å². The Morgan fingerprint density at radius 2 is 2.05 bits per heavy atom. The van der Waals surface area contributed by atoms with Crippen LogP contribution in [0, 0.1) is 0 Å². The fraction of sp³-hybridized carbons (Fsp3) is 0.353. The lowest BCUT2D eigenvalue weighted by molar-refractivity contribution is 0.290. The van der Waals surface area contributed by atoms with Gasteiger partial charge in [0.1, 0.15) is 0 Å². The molecule has 2 aromatic rings. The second kappa shape index (κ2) is 8.76. The number of methoxy groups -OCH3 is 1. The van der Waals surface area contributed by atoms with Crippen LogP contribution in [0.5, 0.6) is 11.5 Å². The largest absolute Gasteiger partial charge is 0.493 e. The highest BCUT2D eigenvalue weighted by Crippen LogP contribution is 2.36. The Bertz CT molecular complexity index is 591. The van der Waals surface area contributed by atoms with E-state index >= 15 is 0 Å². The molecule has 0 aliphatic heterocycles. The second-order valence-corrected chi connectivity index (χ2v) is 5.68. The molecule has 0 bridgehead atoms. The summed E-state index contributed by atoms with van der Waals surface area (Å²) in [5.74, 6) is 1.55. The first kappa shape index (κ1) is 16.8. The number of benzene rings is 1. The first-order chi connectivity index (χ1) is 10.8. The monoisotopic (exact) mass is 364 g/mol. The number of rotatable bonds is 8. The Labute approximate surface area is 140 Å². The molecule has 0 amide bonds. The van der Waals surface area contributed by atoms with Crippen LogP contribution in [0.4, 0.5) is 0 Å². The number of nitrogens with one attached hydrogen (secondary N) is 1. The van der Waals surface area contributed by atoms with Crippen LogP contribution in [-0.4, -0.2) is 18.7 Å². The Morgan fingerprint density at radius 1 is 1.18 bits per heavy atom. The summed E-state index contributed by atoms with van der Waals surface area (Å²) in [5, 5.41) is 3.40. The average Bonchev–Trinajstić information content (AvgIpc) is 2.56. The highest BCUT2D eigenvalue weighted by molar-refractivity contribution is 9.10. The number of aromatic nitrogens is 1. The summed E-state index contributed by atoms with van der Waals surface area (Å²) in [6.45, 7) is 4.13. The van der Waals surface area contributed by atoms with Crippen molar-refractivity contribution < 1.29 is 9.47 Å². The van der Waals surface area contributed by atoms with Crippen LogP contribution in [0.2, 0.25) is 0 Å². The van der Waals surface area contributed by atoms with E-state index < -0.39 is 0 Å². The second-order valence-electron chi connectivity index (χ2n) is 4.83. The molecule has 0 aliphatic carbocycles. The van der Waals surface area contributed by atoms with E-state index in [4.69, 9.17) is 9.47 Å². The Morgan fingerprint density at radius 3 is 2.73 bits per heavy atom. The number of hydrogen-bond acceptors (Lipinski definition) is 4. The zero-order valence-corrected chi connectivity index (χ0v) is 14.5. The van der Waals surface area contributed by atoms with Crippen molar-refractivity contribution in [1.29, 1.82) is 0 Å². The summed E-state index contributed by atoms with van der Waals surface area (Å²) < 4.78 is 12.3. The summed E-state index contributed by atoms with van der Waals surface area (Å²) in [5.41, 5.74) is 2.07. The van der Waals surface area contributed by atoms with Crippen molar-refractivity contribution >= 4 is 15.9 Å². The maximum absolute atomic E-state index is 5.88. The van der Waals surface area contributed by atoms with Gasteiger partial charge in [-0.3, -0.25) is 4.98 Å². The average molecular weight is 365 g/mol. The predicted molar refractivity (Wildman–Crippen MR) is 91.3 cm³/mol. The summed E-state index contributed by atoms with van der Waals surface area (Å²) in [7, 11) is 1.66. The molecule has 1 N–H and O–H groups in total. The summed E-state index contributed by atoms with van der Waals surface area (Å²) in [6.07, 6.45) is 2.75. The van der Waals surface area contributed by atoms with Gasteiger partial charge in [0, 0.05) is 29.3 Å². The molecule has 0 saturated carbocycles. The number of nitrogens with zero attached hydrogens (tertiary/aromatic N) is 1. The van der Waals surface area contributed by atoms with Gasteiger partial charge in [-0.25, -0.2) is 0 Å². The fourth-order valence-corrected chi connectivity index (χ4v) is 2.54. The summed E-state index contributed by atoms with van der Waals surface area (Å²) in [6, 6.07) is 9.80. The minimum absolute atomic E-state index is 0.667. The van der Waals surface area contributed by atoms with Crippen molar-refractivity contribution in [1.82, 2.24) is 10.3 Å².